The van der Waals surface area contributed by atoms with Crippen LogP contribution in [-0.4, -0.2) is 52.1 Å². The van der Waals surface area contributed by atoms with Crippen molar-refractivity contribution in [1.82, 2.24) is 39.7 Å². The minimum atomic E-state index is -0.219. The van der Waals surface area contributed by atoms with E-state index < -0.39 is 0 Å². The molecule has 0 spiro atoms. The first-order valence-corrected chi connectivity index (χ1v) is 10.5. The number of anilines is 2. The van der Waals surface area contributed by atoms with Gasteiger partial charge in [0.05, 0.1) is 12.2 Å². The number of hydrogen-bond donors (Lipinski definition) is 2. The van der Waals surface area contributed by atoms with Crippen LogP contribution in [0.25, 0.3) is 5.52 Å². The van der Waals surface area contributed by atoms with E-state index in [-0.39, 0.29) is 11.9 Å². The molecule has 1 aliphatic heterocycles. The molecule has 1 saturated carbocycles. The largest absolute Gasteiger partial charge is 0.327 e. The van der Waals surface area contributed by atoms with E-state index in [1.54, 1.807) is 15.6 Å². The molecule has 1 saturated heterocycles. The highest BCUT2D eigenvalue weighted by Gasteiger charge is 2.34. The molecular formula is C21H21N9O. The number of rotatable bonds is 5. The SMILES string of the molecule is O=C(c1cnccn1)N1CCC[C@H]1c1nc(Nc2cc(C3CC3)[nH]n2)c2cccn2n1. The van der Waals surface area contributed by atoms with E-state index in [1.165, 1.54) is 25.2 Å². The Morgan fingerprint density at radius 1 is 1.23 bits per heavy atom. The van der Waals surface area contributed by atoms with Gasteiger partial charge in [0.15, 0.2) is 17.5 Å². The molecule has 1 atom stereocenters. The number of nitrogens with one attached hydrogen (secondary N) is 2. The van der Waals surface area contributed by atoms with Gasteiger partial charge in [-0.25, -0.2) is 14.5 Å². The Morgan fingerprint density at radius 2 is 2.16 bits per heavy atom. The van der Waals surface area contributed by atoms with Gasteiger partial charge in [0.1, 0.15) is 11.2 Å². The number of aromatic amines is 1. The third-order valence-corrected chi connectivity index (χ3v) is 5.86. The van der Waals surface area contributed by atoms with E-state index in [4.69, 9.17) is 10.1 Å². The zero-order valence-electron chi connectivity index (χ0n) is 16.8. The lowest BCUT2D eigenvalue weighted by atomic mass is 10.2. The van der Waals surface area contributed by atoms with Crippen LogP contribution in [0.1, 0.15) is 59.6 Å². The van der Waals surface area contributed by atoms with Crippen molar-refractivity contribution in [1.29, 1.82) is 0 Å². The number of carbonyl (C=O) groups is 1. The highest BCUT2D eigenvalue weighted by atomic mass is 16.2. The lowest BCUT2D eigenvalue weighted by Gasteiger charge is -2.23. The molecule has 6 rings (SSSR count). The summed E-state index contributed by atoms with van der Waals surface area (Å²) in [5, 5.41) is 15.5. The average Bonchev–Trinajstić information content (AvgIpc) is 3.20. The van der Waals surface area contributed by atoms with Gasteiger partial charge in [-0.05, 0) is 37.8 Å². The van der Waals surface area contributed by atoms with Gasteiger partial charge >= 0.3 is 0 Å². The first-order chi connectivity index (χ1) is 15.3. The molecule has 2 aliphatic rings. The monoisotopic (exact) mass is 415 g/mol. The average molecular weight is 415 g/mol. The lowest BCUT2D eigenvalue weighted by Crippen LogP contribution is -2.32. The maximum absolute atomic E-state index is 13.0. The van der Waals surface area contributed by atoms with Crippen LogP contribution in [0.2, 0.25) is 0 Å². The summed E-state index contributed by atoms with van der Waals surface area (Å²) in [4.78, 5) is 27.8. The Labute approximate surface area is 177 Å². The fourth-order valence-electron chi connectivity index (χ4n) is 4.15. The quantitative estimate of drug-likeness (QED) is 0.515. The van der Waals surface area contributed by atoms with Gasteiger partial charge in [-0.1, -0.05) is 0 Å². The summed E-state index contributed by atoms with van der Waals surface area (Å²) in [6.07, 6.45) is 10.6. The molecule has 4 aromatic heterocycles. The molecule has 2 fully saturated rings. The van der Waals surface area contributed by atoms with Gasteiger partial charge in [0.2, 0.25) is 0 Å². The Kier molecular flexibility index (Phi) is 4.15. The number of amides is 1. The number of hydrogen-bond acceptors (Lipinski definition) is 7. The van der Waals surface area contributed by atoms with Crippen molar-refractivity contribution in [3.8, 4) is 0 Å². The molecule has 5 heterocycles. The number of fused-ring (bicyclic) bond motifs is 1. The summed E-state index contributed by atoms with van der Waals surface area (Å²) in [5.74, 6) is 2.44. The third kappa shape index (κ3) is 3.29. The summed E-state index contributed by atoms with van der Waals surface area (Å²) in [6, 6.07) is 5.70. The minimum absolute atomic E-state index is 0.150. The van der Waals surface area contributed by atoms with Crippen LogP contribution >= 0.6 is 0 Å². The second-order valence-corrected chi connectivity index (χ2v) is 8.01. The molecular weight excluding hydrogens is 394 g/mol. The van der Waals surface area contributed by atoms with Crippen molar-refractivity contribution >= 4 is 23.1 Å². The predicted molar refractivity (Wildman–Crippen MR) is 112 cm³/mol. The first-order valence-electron chi connectivity index (χ1n) is 10.5. The van der Waals surface area contributed by atoms with Crippen LogP contribution in [0.5, 0.6) is 0 Å². The molecule has 156 valence electrons. The van der Waals surface area contributed by atoms with Crippen LogP contribution in [-0.2, 0) is 0 Å². The zero-order chi connectivity index (χ0) is 20.8. The molecule has 2 N–H and O–H groups in total. The Bertz CT molecular complexity index is 1240. The van der Waals surface area contributed by atoms with Gasteiger partial charge in [0.25, 0.3) is 5.91 Å². The number of likely N-dealkylation sites (tertiary alicyclic amines) is 1. The normalized spacial score (nSPS) is 18.6. The Morgan fingerprint density at radius 3 is 3.00 bits per heavy atom. The second kappa shape index (κ2) is 7.15. The van der Waals surface area contributed by atoms with E-state index in [0.29, 0.717) is 29.8 Å². The number of nitrogens with zero attached hydrogens (tertiary/aromatic N) is 7. The van der Waals surface area contributed by atoms with Crippen molar-refractivity contribution in [3.63, 3.8) is 0 Å². The topological polar surface area (TPSA) is 117 Å². The van der Waals surface area contributed by atoms with Crippen LogP contribution in [0.4, 0.5) is 11.6 Å². The van der Waals surface area contributed by atoms with Crippen LogP contribution in [0.3, 0.4) is 0 Å². The lowest BCUT2D eigenvalue weighted by molar-refractivity contribution is 0.0722. The smallest absolute Gasteiger partial charge is 0.274 e. The van der Waals surface area contributed by atoms with Gasteiger partial charge in [-0.3, -0.25) is 14.9 Å². The Hall–Kier alpha value is -3.82. The van der Waals surface area contributed by atoms with Crippen molar-refractivity contribution in [3.05, 3.63) is 60.2 Å². The van der Waals surface area contributed by atoms with E-state index >= 15 is 0 Å². The van der Waals surface area contributed by atoms with Crippen molar-refractivity contribution in [2.24, 2.45) is 0 Å². The third-order valence-electron chi connectivity index (χ3n) is 5.86. The molecule has 0 radical (unpaired) electrons. The van der Waals surface area contributed by atoms with E-state index in [0.717, 1.165) is 29.9 Å². The van der Waals surface area contributed by atoms with Gasteiger partial charge in [0, 0.05) is 42.8 Å². The van der Waals surface area contributed by atoms with Gasteiger partial charge in [-0.2, -0.15) is 10.2 Å². The summed E-state index contributed by atoms with van der Waals surface area (Å²) >= 11 is 0. The van der Waals surface area contributed by atoms with Gasteiger partial charge in [-0.15, -0.1) is 0 Å². The zero-order valence-corrected chi connectivity index (χ0v) is 16.8. The highest BCUT2D eigenvalue weighted by molar-refractivity contribution is 5.92. The molecule has 31 heavy (non-hydrogen) atoms. The number of aromatic nitrogens is 7. The molecule has 10 heteroatoms. The van der Waals surface area contributed by atoms with Crippen LogP contribution in [0.15, 0.2) is 43.0 Å². The first kappa shape index (κ1) is 18.0. The highest BCUT2D eigenvalue weighted by Crippen LogP contribution is 2.40. The van der Waals surface area contributed by atoms with E-state index in [9.17, 15) is 4.79 Å². The van der Waals surface area contributed by atoms with Crippen LogP contribution in [0, 0.1) is 0 Å². The number of H-pyrrole nitrogens is 1. The summed E-state index contributed by atoms with van der Waals surface area (Å²) in [5.41, 5.74) is 2.34. The van der Waals surface area contributed by atoms with Gasteiger partial charge < -0.3 is 10.2 Å². The van der Waals surface area contributed by atoms with Crippen molar-refractivity contribution < 1.29 is 4.79 Å². The summed E-state index contributed by atoms with van der Waals surface area (Å²) in [7, 11) is 0. The molecule has 1 amide bonds. The Balaban J connectivity index is 1.34. The van der Waals surface area contributed by atoms with Crippen LogP contribution < -0.4 is 5.32 Å². The minimum Gasteiger partial charge on any atom is -0.327 e. The fraction of sp³-hybridized carbons (Fsp3) is 0.333. The van der Waals surface area contributed by atoms with Crippen molar-refractivity contribution in [2.45, 2.75) is 37.6 Å². The predicted octanol–water partition coefficient (Wildman–Crippen LogP) is 2.84. The standard InChI is InChI=1S/C21H21N9O/c31-21(15-12-22-7-8-23-15)29-9-1-3-16(29)20-25-19(17-4-2-10-30(17)28-20)24-18-11-14(26-27-18)13-5-6-13/h2,4,7-8,10-13,16H,1,3,5-6,9H2,(H2,24,25,26,27,28)/t16-/m0/s1. The number of carbonyl (C=O) groups excluding carboxylic acids is 1. The van der Waals surface area contributed by atoms with Crippen molar-refractivity contribution in [2.75, 3.05) is 11.9 Å². The fourth-order valence-corrected chi connectivity index (χ4v) is 4.15. The maximum Gasteiger partial charge on any atom is 0.274 e. The molecule has 10 nitrogen and oxygen atoms in total. The maximum atomic E-state index is 13.0. The second-order valence-electron chi connectivity index (χ2n) is 8.01. The molecule has 1 aliphatic carbocycles. The summed E-state index contributed by atoms with van der Waals surface area (Å²) < 4.78 is 1.79. The molecule has 4 aromatic rings. The summed E-state index contributed by atoms with van der Waals surface area (Å²) in [6.45, 7) is 0.639. The molecule has 0 aromatic carbocycles. The van der Waals surface area contributed by atoms with E-state index in [1.807, 2.05) is 24.4 Å². The molecule has 0 unspecified atom stereocenters. The van der Waals surface area contributed by atoms with E-state index in [2.05, 4.69) is 25.5 Å². The molecule has 0 bridgehead atoms.